The zero-order valence-corrected chi connectivity index (χ0v) is 33.1. The number of thioether (sulfide) groups is 1. The number of non-ortho nitro benzene ring substituents is 2. The molecule has 5 aromatic rings. The summed E-state index contributed by atoms with van der Waals surface area (Å²) in [7, 11) is 0. The molecule has 5 heterocycles. The van der Waals surface area contributed by atoms with Gasteiger partial charge in [-0.3, -0.25) is 25.0 Å². The van der Waals surface area contributed by atoms with Crippen LogP contribution < -0.4 is 28.5 Å². The largest absolute Gasteiger partial charge is 1.00 e. The number of carbonyl (C=O) groups excluding carboxylic acids is 3. The number of halogens is 1. The van der Waals surface area contributed by atoms with Gasteiger partial charge in [0.15, 0.2) is 0 Å². The fourth-order valence-electron chi connectivity index (χ4n) is 6.84. The first-order chi connectivity index (χ1) is 25.9. The van der Waals surface area contributed by atoms with Crippen molar-refractivity contribution in [2.45, 2.75) is 50.8 Å². The lowest BCUT2D eigenvalue weighted by Crippen LogP contribution is -3.00. The number of hydrogen-bond donors (Lipinski definition) is 1. The van der Waals surface area contributed by atoms with Gasteiger partial charge in [-0.15, -0.1) is 0 Å². The number of amides is 1. The number of nitrogens with zero attached hydrogens (tertiary/aromatic N) is 7. The highest BCUT2D eigenvalue weighted by Crippen LogP contribution is 2.52. The maximum absolute atomic E-state index is 13.7. The first kappa shape index (κ1) is 39.5. The fraction of sp³-hybridized carbons (Fsp3) is 0.286. The van der Waals surface area contributed by atoms with E-state index in [0.29, 0.717) is 28.9 Å². The molecule has 0 spiro atoms. The average Bonchev–Trinajstić information content (AvgIpc) is 3.91. The number of nitro groups is 2. The molecule has 0 unspecified atom stereocenters. The molecule has 286 valence electrons. The quantitative estimate of drug-likeness (QED) is 0.0361. The number of nitro benzene ring substituents is 2. The van der Waals surface area contributed by atoms with Crippen molar-refractivity contribution < 1.29 is 67.4 Å². The van der Waals surface area contributed by atoms with Crippen LogP contribution in [0.15, 0.2) is 84.3 Å². The highest BCUT2D eigenvalue weighted by atomic mass is 127. The predicted molar refractivity (Wildman–Crippen MR) is 192 cm³/mol. The van der Waals surface area contributed by atoms with Crippen molar-refractivity contribution in [3.63, 3.8) is 0 Å². The summed E-state index contributed by atoms with van der Waals surface area (Å²) in [6.07, 6.45) is 7.02. The third kappa shape index (κ3) is 7.45. The summed E-state index contributed by atoms with van der Waals surface area (Å²) >= 11 is 2.93. The van der Waals surface area contributed by atoms with Gasteiger partial charge in [0.25, 0.3) is 17.7 Å². The summed E-state index contributed by atoms with van der Waals surface area (Å²) in [5, 5.41) is 33.3. The number of fused-ring (bicyclic) bond motifs is 2. The van der Waals surface area contributed by atoms with Crippen molar-refractivity contribution in [2.75, 3.05) is 6.26 Å². The Morgan fingerprint density at radius 2 is 1.62 bits per heavy atom. The van der Waals surface area contributed by atoms with Crippen molar-refractivity contribution in [1.82, 2.24) is 18.9 Å². The van der Waals surface area contributed by atoms with Gasteiger partial charge in [-0.2, -0.15) is 4.40 Å². The second-order valence-electron chi connectivity index (χ2n) is 12.8. The number of aliphatic hydroxyl groups is 1. The summed E-state index contributed by atoms with van der Waals surface area (Å²) in [6.45, 7) is 3.56. The standard InChI is InChI=1S/C35H32N7O10S2.HI/c1-19-27(30(40-29(19)28(20(2)43)31(40)44)34(45)51-15-21-4-8-24(9-5-21)41(47)48)26-14-39-18-38(32(53-3)33(39)54-26)13-23-12-37(17-36-23)35(46)52-16-22-6-10-25(11-7-22)42(49)50;/h4-12,14,17-20,28-29,43H,13,15-16H2,1-3H3;1H/q+1;/p-1/t19-,20+,28+,29+;/m0./s1. The van der Waals surface area contributed by atoms with Gasteiger partial charge in [-0.25, -0.2) is 23.7 Å². The highest BCUT2D eigenvalue weighted by molar-refractivity contribution is 7.98. The van der Waals surface area contributed by atoms with Gasteiger partial charge < -0.3 is 43.5 Å². The lowest BCUT2D eigenvalue weighted by molar-refractivity contribution is -0.722. The number of imidazole rings is 2. The highest BCUT2D eigenvalue weighted by Gasteiger charge is 2.60. The number of β-lactam (4-membered cyclic amide) rings is 1. The summed E-state index contributed by atoms with van der Waals surface area (Å²) in [5.41, 5.74) is 2.31. The van der Waals surface area contributed by atoms with Crippen molar-refractivity contribution in [2.24, 2.45) is 11.8 Å². The van der Waals surface area contributed by atoms with E-state index in [9.17, 15) is 39.7 Å². The third-order valence-corrected chi connectivity index (χ3v) is 11.5. The van der Waals surface area contributed by atoms with E-state index in [1.54, 1.807) is 13.1 Å². The van der Waals surface area contributed by atoms with E-state index in [2.05, 4.69) is 4.98 Å². The predicted octanol–water partition coefficient (Wildman–Crippen LogP) is 1.57. The molecular weight excluding hydrogens is 869 g/mol. The molecule has 0 radical (unpaired) electrons. The summed E-state index contributed by atoms with van der Waals surface area (Å²) in [4.78, 5) is 68.1. The van der Waals surface area contributed by atoms with Crippen LogP contribution in [0.4, 0.5) is 16.2 Å². The van der Waals surface area contributed by atoms with Gasteiger partial charge in [0.2, 0.25) is 15.8 Å². The number of esters is 1. The Bertz CT molecular complexity index is 2350. The minimum atomic E-state index is -0.917. The van der Waals surface area contributed by atoms with Crippen LogP contribution >= 0.6 is 23.1 Å². The molecule has 2 aliphatic rings. The molecule has 1 amide bonds. The first-order valence-corrected chi connectivity index (χ1v) is 18.6. The van der Waals surface area contributed by atoms with Crippen LogP contribution in [0, 0.1) is 32.1 Å². The molecule has 1 fully saturated rings. The zero-order valence-electron chi connectivity index (χ0n) is 29.3. The van der Waals surface area contributed by atoms with Gasteiger partial charge in [-0.05, 0) is 48.6 Å². The molecule has 3 aromatic heterocycles. The summed E-state index contributed by atoms with van der Waals surface area (Å²) < 4.78 is 16.1. The fourth-order valence-corrected chi connectivity index (χ4v) is 9.02. The molecule has 0 bridgehead atoms. The Balaban J connectivity index is 0.00000514. The smallest absolute Gasteiger partial charge is 0.419 e. The third-order valence-electron chi connectivity index (χ3n) is 9.44. The van der Waals surface area contributed by atoms with Crippen molar-refractivity contribution in [1.29, 1.82) is 0 Å². The summed E-state index contributed by atoms with van der Waals surface area (Å²) in [6, 6.07) is 10.9. The van der Waals surface area contributed by atoms with E-state index in [-0.39, 0.29) is 66.1 Å². The number of ether oxygens (including phenoxy) is 2. The molecule has 2 aliphatic heterocycles. The minimum Gasteiger partial charge on any atom is -1.00 e. The molecule has 0 saturated carbocycles. The van der Waals surface area contributed by atoms with Crippen molar-refractivity contribution in [3.8, 4) is 0 Å². The van der Waals surface area contributed by atoms with Crippen LogP contribution in [0.3, 0.4) is 0 Å². The lowest BCUT2D eigenvalue weighted by atomic mass is 9.77. The number of hydrogen-bond acceptors (Lipinski definition) is 13. The molecule has 2 aromatic carbocycles. The summed E-state index contributed by atoms with van der Waals surface area (Å²) in [5.74, 6) is -2.05. The van der Waals surface area contributed by atoms with Gasteiger partial charge >= 0.3 is 12.1 Å². The van der Waals surface area contributed by atoms with Crippen LogP contribution in [-0.4, -0.2) is 70.2 Å². The van der Waals surface area contributed by atoms with Gasteiger partial charge in [0, 0.05) is 42.0 Å². The Labute approximate surface area is 337 Å². The number of carbonyl (C=O) groups is 3. The van der Waals surface area contributed by atoms with E-state index in [1.165, 1.54) is 87.4 Å². The lowest BCUT2D eigenvalue weighted by Gasteiger charge is -2.46. The molecule has 4 atom stereocenters. The number of rotatable bonds is 12. The molecule has 1 saturated heterocycles. The molecule has 1 N–H and O–H groups in total. The molecular formula is C35H32IN7O10S2. The van der Waals surface area contributed by atoms with E-state index >= 15 is 0 Å². The van der Waals surface area contributed by atoms with Gasteiger partial charge in [0.1, 0.15) is 43.7 Å². The molecule has 20 heteroatoms. The zero-order chi connectivity index (χ0) is 38.4. The Kier molecular flexibility index (Phi) is 11.4. The SMILES string of the molecule is CSc1c2sc(C3=C(C(=O)OCc4ccc([N+](=O)[O-])cc4)N4C(=O)[C@H]([C@@H](C)O)[C@H]4[C@H]3C)cn2c[n+]1Cc1cn(C(=O)OCc2ccc([N+](=O)[O-])cc2)cn1.[I-]. The van der Waals surface area contributed by atoms with Crippen LogP contribution in [0.25, 0.3) is 10.4 Å². The van der Waals surface area contributed by atoms with E-state index in [0.717, 1.165) is 14.7 Å². The maximum Gasteiger partial charge on any atom is 0.419 e. The average molecular weight is 902 g/mol. The molecule has 17 nitrogen and oxygen atoms in total. The number of aliphatic hydroxyl groups excluding tert-OH is 1. The van der Waals surface area contributed by atoms with Crippen LogP contribution in [0.5, 0.6) is 0 Å². The normalized spacial score (nSPS) is 18.1. The number of aromatic nitrogens is 4. The van der Waals surface area contributed by atoms with Crippen LogP contribution in [0.1, 0.15) is 35.5 Å². The molecule has 0 aliphatic carbocycles. The van der Waals surface area contributed by atoms with Gasteiger partial charge in [0.05, 0.1) is 32.8 Å². The molecule has 55 heavy (non-hydrogen) atoms. The Hall–Kier alpha value is -5.19. The Morgan fingerprint density at radius 3 is 2.18 bits per heavy atom. The minimum absolute atomic E-state index is 0. The van der Waals surface area contributed by atoms with E-state index < -0.39 is 40.0 Å². The second kappa shape index (κ2) is 15.9. The Morgan fingerprint density at radius 1 is 1.02 bits per heavy atom. The molecule has 7 rings (SSSR count). The second-order valence-corrected chi connectivity index (χ2v) is 14.7. The topological polar surface area (TPSA) is 206 Å². The van der Waals surface area contributed by atoms with E-state index in [4.69, 9.17) is 9.47 Å². The first-order valence-electron chi connectivity index (χ1n) is 16.5. The van der Waals surface area contributed by atoms with Crippen molar-refractivity contribution >= 4 is 62.8 Å². The number of thiazole rings is 1. The monoisotopic (exact) mass is 901 g/mol. The van der Waals surface area contributed by atoms with Crippen LogP contribution in [0.2, 0.25) is 0 Å². The van der Waals surface area contributed by atoms with E-state index in [1.807, 2.05) is 34.7 Å². The maximum atomic E-state index is 13.7. The number of benzene rings is 2. The van der Waals surface area contributed by atoms with Crippen LogP contribution in [-0.2, 0) is 38.8 Å². The van der Waals surface area contributed by atoms with Crippen molar-refractivity contribution in [3.05, 3.63) is 121 Å². The van der Waals surface area contributed by atoms with Gasteiger partial charge in [-0.1, -0.05) is 30.0 Å².